The Hall–Kier alpha value is -6.97. The standard InChI is InChI=1S/C52H37N3/c1-54-46-27-15-13-25-44(46)49(37-31-29-36(30-32-37)35-17-5-2-6-18-35)53-51(54)55-47-28-16-12-24-41(47)43-34-33-42-40-23-11-14-26-45(40)52(48(42)50(43)55,38-19-7-3-8-20-38)39-21-9-4-10-22-39/h2-34,51H,1H3. The van der Waals surface area contributed by atoms with Crippen molar-refractivity contribution in [2.75, 3.05) is 11.9 Å². The van der Waals surface area contributed by atoms with Gasteiger partial charge < -0.3 is 9.47 Å². The second kappa shape index (κ2) is 12.3. The molecule has 1 aliphatic carbocycles. The van der Waals surface area contributed by atoms with E-state index in [1.165, 1.54) is 60.8 Å². The summed E-state index contributed by atoms with van der Waals surface area (Å²) in [5.41, 5.74) is 16.2. The molecule has 0 fully saturated rings. The molecule has 3 heteroatoms. The number of benzene rings is 8. The van der Waals surface area contributed by atoms with Crippen LogP contribution in [0.15, 0.2) is 205 Å². The van der Waals surface area contributed by atoms with Crippen molar-refractivity contribution < 1.29 is 0 Å². The third-order valence-corrected chi connectivity index (χ3v) is 11.9. The molecule has 9 aromatic rings. The van der Waals surface area contributed by atoms with E-state index in [1.807, 2.05) is 0 Å². The van der Waals surface area contributed by atoms with Gasteiger partial charge in [0, 0.05) is 40.2 Å². The van der Waals surface area contributed by atoms with Crippen LogP contribution in [0.25, 0.3) is 44.1 Å². The van der Waals surface area contributed by atoms with Gasteiger partial charge in [0.2, 0.25) is 6.29 Å². The Morgan fingerprint density at radius 2 is 1.02 bits per heavy atom. The first kappa shape index (κ1) is 31.5. The molecule has 1 aliphatic heterocycles. The second-order valence-corrected chi connectivity index (χ2v) is 14.7. The van der Waals surface area contributed by atoms with Crippen molar-refractivity contribution in [1.82, 2.24) is 4.57 Å². The van der Waals surface area contributed by atoms with Gasteiger partial charge in [0.05, 0.1) is 22.2 Å². The molecule has 0 N–H and O–H groups in total. The fourth-order valence-corrected chi connectivity index (χ4v) is 9.55. The summed E-state index contributed by atoms with van der Waals surface area (Å²) in [4.78, 5) is 8.15. The number of hydrogen-bond donors (Lipinski definition) is 0. The highest BCUT2D eigenvalue weighted by molar-refractivity contribution is 6.18. The number of aromatic nitrogens is 1. The van der Waals surface area contributed by atoms with Crippen molar-refractivity contribution in [3.05, 3.63) is 234 Å². The summed E-state index contributed by atoms with van der Waals surface area (Å²) in [5.74, 6) is 0. The van der Waals surface area contributed by atoms with Crippen molar-refractivity contribution in [3.8, 4) is 22.3 Å². The van der Waals surface area contributed by atoms with E-state index in [4.69, 9.17) is 4.99 Å². The number of fused-ring (bicyclic) bond motifs is 8. The van der Waals surface area contributed by atoms with Crippen LogP contribution in [0.2, 0.25) is 0 Å². The number of hydrogen-bond acceptors (Lipinski definition) is 2. The van der Waals surface area contributed by atoms with Crippen LogP contribution < -0.4 is 4.90 Å². The van der Waals surface area contributed by atoms with Crippen LogP contribution in [-0.4, -0.2) is 17.3 Å². The maximum absolute atomic E-state index is 5.79. The normalized spacial score (nSPS) is 15.4. The van der Waals surface area contributed by atoms with Crippen LogP contribution in [-0.2, 0) is 5.41 Å². The highest BCUT2D eigenvalue weighted by Crippen LogP contribution is 2.59. The topological polar surface area (TPSA) is 20.5 Å². The Kier molecular flexibility index (Phi) is 7.05. The van der Waals surface area contributed by atoms with Crippen LogP contribution in [0.1, 0.15) is 39.7 Å². The molecule has 0 saturated heterocycles. The van der Waals surface area contributed by atoms with Crippen molar-refractivity contribution in [2.45, 2.75) is 11.7 Å². The largest absolute Gasteiger partial charge is 0.335 e. The molecule has 55 heavy (non-hydrogen) atoms. The lowest BCUT2D eigenvalue weighted by atomic mass is 9.67. The summed E-state index contributed by atoms with van der Waals surface area (Å²) < 4.78 is 2.53. The van der Waals surface area contributed by atoms with E-state index in [1.54, 1.807) is 0 Å². The van der Waals surface area contributed by atoms with Crippen LogP contribution >= 0.6 is 0 Å². The predicted molar refractivity (Wildman–Crippen MR) is 228 cm³/mol. The maximum atomic E-state index is 5.79. The highest BCUT2D eigenvalue weighted by atomic mass is 15.4. The van der Waals surface area contributed by atoms with Gasteiger partial charge in [-0.25, -0.2) is 4.99 Å². The molecule has 0 bridgehead atoms. The average Bonchev–Trinajstić information content (AvgIpc) is 3.76. The number of anilines is 1. The zero-order valence-corrected chi connectivity index (χ0v) is 30.5. The second-order valence-electron chi connectivity index (χ2n) is 14.7. The first-order valence-electron chi connectivity index (χ1n) is 19.1. The fraction of sp³-hybridized carbons (Fsp3) is 0.0577. The lowest BCUT2D eigenvalue weighted by Gasteiger charge is -2.38. The van der Waals surface area contributed by atoms with E-state index in [-0.39, 0.29) is 6.29 Å². The monoisotopic (exact) mass is 703 g/mol. The fourth-order valence-electron chi connectivity index (χ4n) is 9.55. The zero-order valence-electron chi connectivity index (χ0n) is 30.5. The Balaban J connectivity index is 1.24. The van der Waals surface area contributed by atoms with Crippen LogP contribution in [0.4, 0.5) is 5.69 Å². The molecular weight excluding hydrogens is 667 g/mol. The molecule has 1 aromatic heterocycles. The SMILES string of the molecule is CN1c2ccccc2C(c2ccc(-c3ccccc3)cc2)=NC1n1c2ccccc2c2ccc3c(c21)C(c1ccccc1)(c1ccccc1)c1ccccc1-3. The number of para-hydroxylation sites is 2. The summed E-state index contributed by atoms with van der Waals surface area (Å²) in [6, 6.07) is 73.0. The zero-order chi connectivity index (χ0) is 36.5. The van der Waals surface area contributed by atoms with Gasteiger partial charge in [-0.3, -0.25) is 0 Å². The minimum absolute atomic E-state index is 0.361. The Bertz CT molecular complexity index is 2880. The van der Waals surface area contributed by atoms with Crippen molar-refractivity contribution in [3.63, 3.8) is 0 Å². The molecular formula is C52H37N3. The summed E-state index contributed by atoms with van der Waals surface area (Å²) in [7, 11) is 2.20. The van der Waals surface area contributed by atoms with Gasteiger partial charge >= 0.3 is 0 Å². The summed E-state index contributed by atoms with van der Waals surface area (Å²) in [6.07, 6.45) is -0.361. The van der Waals surface area contributed by atoms with Gasteiger partial charge in [-0.05, 0) is 51.1 Å². The molecule has 2 aliphatic rings. The molecule has 0 radical (unpaired) electrons. The van der Waals surface area contributed by atoms with Gasteiger partial charge in [-0.15, -0.1) is 0 Å². The Labute approximate surface area is 321 Å². The average molecular weight is 704 g/mol. The van der Waals surface area contributed by atoms with Crippen molar-refractivity contribution in [1.29, 1.82) is 0 Å². The maximum Gasteiger partial charge on any atom is 0.203 e. The molecule has 3 nitrogen and oxygen atoms in total. The lowest BCUT2D eigenvalue weighted by molar-refractivity contribution is 0.538. The highest BCUT2D eigenvalue weighted by Gasteiger charge is 2.48. The van der Waals surface area contributed by atoms with Gasteiger partial charge in [0.25, 0.3) is 0 Å². The van der Waals surface area contributed by atoms with Gasteiger partial charge in [0.1, 0.15) is 0 Å². The van der Waals surface area contributed by atoms with E-state index in [9.17, 15) is 0 Å². The lowest BCUT2D eigenvalue weighted by Crippen LogP contribution is -2.35. The number of aliphatic imine (C=N–C) groups is 1. The molecule has 0 saturated carbocycles. The molecule has 1 atom stereocenters. The molecule has 0 spiro atoms. The minimum Gasteiger partial charge on any atom is -0.335 e. The van der Waals surface area contributed by atoms with Crippen LogP contribution in [0.3, 0.4) is 0 Å². The minimum atomic E-state index is -0.564. The third-order valence-electron chi connectivity index (χ3n) is 11.9. The van der Waals surface area contributed by atoms with E-state index in [0.29, 0.717) is 0 Å². The van der Waals surface area contributed by atoms with Gasteiger partial charge in [0.15, 0.2) is 0 Å². The molecule has 1 unspecified atom stereocenters. The van der Waals surface area contributed by atoms with Gasteiger partial charge in [-0.1, -0.05) is 188 Å². The summed E-state index contributed by atoms with van der Waals surface area (Å²) in [6.45, 7) is 0. The summed E-state index contributed by atoms with van der Waals surface area (Å²) >= 11 is 0. The first-order chi connectivity index (χ1) is 27.2. The quantitative estimate of drug-likeness (QED) is 0.175. The molecule has 11 rings (SSSR count). The van der Waals surface area contributed by atoms with Crippen LogP contribution in [0.5, 0.6) is 0 Å². The van der Waals surface area contributed by atoms with E-state index >= 15 is 0 Å². The first-order valence-corrected chi connectivity index (χ1v) is 19.1. The predicted octanol–water partition coefficient (Wildman–Crippen LogP) is 12.3. The number of nitrogens with zero attached hydrogens (tertiary/aromatic N) is 3. The number of rotatable bonds is 5. The smallest absolute Gasteiger partial charge is 0.203 e. The van der Waals surface area contributed by atoms with Crippen molar-refractivity contribution >= 4 is 33.2 Å². The van der Waals surface area contributed by atoms with Gasteiger partial charge in [-0.2, -0.15) is 0 Å². The van der Waals surface area contributed by atoms with E-state index in [2.05, 4.69) is 217 Å². The van der Waals surface area contributed by atoms with Crippen LogP contribution in [0, 0.1) is 0 Å². The molecule has 0 amide bonds. The van der Waals surface area contributed by atoms with Crippen molar-refractivity contribution in [2.24, 2.45) is 4.99 Å². The molecule has 2 heterocycles. The summed E-state index contributed by atoms with van der Waals surface area (Å²) in [5, 5.41) is 2.46. The molecule has 8 aromatic carbocycles. The Morgan fingerprint density at radius 1 is 0.455 bits per heavy atom. The Morgan fingerprint density at radius 3 is 1.75 bits per heavy atom. The van der Waals surface area contributed by atoms with E-state index in [0.717, 1.165) is 28.0 Å². The van der Waals surface area contributed by atoms with E-state index < -0.39 is 5.41 Å². The molecule has 260 valence electrons. The third kappa shape index (κ3) is 4.53.